The standard InChI is InChI=1S/C20H16F2O6/c1-11-3-5-15-13(7-11)14(23)9-18(27-15)19(24)26-10-12-4-6-16(28-20(21)22)17(8-12)25-2/h3-9,20H,10H2,1-2H3. The second-order valence-electron chi connectivity index (χ2n) is 5.91. The molecule has 0 fully saturated rings. The van der Waals surface area contributed by atoms with E-state index < -0.39 is 12.6 Å². The Bertz CT molecular complexity index is 1070. The van der Waals surface area contributed by atoms with Crippen molar-refractivity contribution < 1.29 is 32.2 Å². The summed E-state index contributed by atoms with van der Waals surface area (Å²) < 4.78 is 44.6. The van der Waals surface area contributed by atoms with Gasteiger partial charge in [0.1, 0.15) is 12.2 Å². The molecule has 0 aliphatic rings. The van der Waals surface area contributed by atoms with Crippen LogP contribution in [0.2, 0.25) is 0 Å². The zero-order valence-electron chi connectivity index (χ0n) is 15.0. The first kappa shape index (κ1) is 19.3. The van der Waals surface area contributed by atoms with Crippen LogP contribution in [0.5, 0.6) is 11.5 Å². The number of halogens is 2. The third kappa shape index (κ3) is 4.28. The maximum atomic E-state index is 12.4. The highest BCUT2D eigenvalue weighted by molar-refractivity contribution is 5.89. The van der Waals surface area contributed by atoms with Crippen molar-refractivity contribution in [2.24, 2.45) is 0 Å². The number of rotatable bonds is 6. The van der Waals surface area contributed by atoms with Gasteiger partial charge in [0, 0.05) is 6.07 Å². The van der Waals surface area contributed by atoms with Crippen molar-refractivity contribution in [1.29, 1.82) is 0 Å². The molecular formula is C20H16F2O6. The van der Waals surface area contributed by atoms with Gasteiger partial charge in [-0.05, 0) is 36.8 Å². The van der Waals surface area contributed by atoms with E-state index >= 15 is 0 Å². The lowest BCUT2D eigenvalue weighted by atomic mass is 10.1. The highest BCUT2D eigenvalue weighted by Crippen LogP contribution is 2.29. The Morgan fingerprint density at radius 3 is 2.61 bits per heavy atom. The second-order valence-corrected chi connectivity index (χ2v) is 5.91. The molecule has 0 aliphatic heterocycles. The molecule has 1 aromatic heterocycles. The summed E-state index contributed by atoms with van der Waals surface area (Å²) in [6, 6.07) is 10.3. The van der Waals surface area contributed by atoms with Crippen LogP contribution < -0.4 is 14.9 Å². The molecule has 8 heteroatoms. The molecule has 0 spiro atoms. The van der Waals surface area contributed by atoms with E-state index in [1.54, 1.807) is 18.2 Å². The van der Waals surface area contributed by atoms with Crippen LogP contribution in [0.25, 0.3) is 11.0 Å². The van der Waals surface area contributed by atoms with E-state index in [0.717, 1.165) is 11.6 Å². The van der Waals surface area contributed by atoms with Crippen LogP contribution in [0.4, 0.5) is 8.78 Å². The summed E-state index contributed by atoms with van der Waals surface area (Å²) in [5.41, 5.74) is 1.29. The number of alkyl halides is 2. The summed E-state index contributed by atoms with van der Waals surface area (Å²) in [5.74, 6) is -1.12. The maximum Gasteiger partial charge on any atom is 0.387 e. The lowest BCUT2D eigenvalue weighted by Gasteiger charge is -2.11. The number of esters is 1. The van der Waals surface area contributed by atoms with Crippen LogP contribution in [-0.4, -0.2) is 19.7 Å². The van der Waals surface area contributed by atoms with Gasteiger partial charge >= 0.3 is 12.6 Å². The molecule has 0 amide bonds. The van der Waals surface area contributed by atoms with E-state index in [1.165, 1.54) is 25.3 Å². The minimum Gasteiger partial charge on any atom is -0.493 e. The Hall–Kier alpha value is -3.42. The smallest absolute Gasteiger partial charge is 0.387 e. The molecule has 146 valence electrons. The molecule has 3 rings (SSSR count). The summed E-state index contributed by atoms with van der Waals surface area (Å²) in [6.07, 6.45) is 0. The molecule has 3 aromatic rings. The van der Waals surface area contributed by atoms with Crippen molar-refractivity contribution in [1.82, 2.24) is 0 Å². The number of hydrogen-bond acceptors (Lipinski definition) is 6. The Balaban J connectivity index is 1.76. The van der Waals surface area contributed by atoms with Crippen LogP contribution in [0.3, 0.4) is 0 Å². The minimum absolute atomic E-state index is 0.0708. The highest BCUT2D eigenvalue weighted by atomic mass is 19.3. The lowest BCUT2D eigenvalue weighted by molar-refractivity contribution is -0.0512. The number of benzene rings is 2. The van der Waals surface area contributed by atoms with E-state index in [0.29, 0.717) is 10.9 Å². The Kier molecular flexibility index (Phi) is 5.58. The normalized spacial score (nSPS) is 10.9. The predicted molar refractivity (Wildman–Crippen MR) is 96.0 cm³/mol. The molecule has 1 heterocycles. The Labute approximate surface area is 158 Å². The monoisotopic (exact) mass is 390 g/mol. The van der Waals surface area contributed by atoms with Gasteiger partial charge in [-0.1, -0.05) is 17.7 Å². The zero-order chi connectivity index (χ0) is 20.3. The Morgan fingerprint density at radius 1 is 1.11 bits per heavy atom. The number of methoxy groups -OCH3 is 1. The first-order chi connectivity index (χ1) is 13.4. The Morgan fingerprint density at radius 2 is 1.89 bits per heavy atom. The van der Waals surface area contributed by atoms with Gasteiger partial charge in [-0.3, -0.25) is 4.79 Å². The fraction of sp³-hybridized carbons (Fsp3) is 0.200. The first-order valence-corrected chi connectivity index (χ1v) is 8.20. The average Bonchev–Trinajstić information content (AvgIpc) is 2.66. The number of fused-ring (bicyclic) bond motifs is 1. The summed E-state index contributed by atoms with van der Waals surface area (Å²) in [4.78, 5) is 24.4. The van der Waals surface area contributed by atoms with Crippen molar-refractivity contribution in [3.05, 3.63) is 69.6 Å². The summed E-state index contributed by atoms with van der Waals surface area (Å²) in [5, 5.41) is 0.371. The topological polar surface area (TPSA) is 75.0 Å². The number of hydrogen-bond donors (Lipinski definition) is 0. The van der Waals surface area contributed by atoms with Crippen LogP contribution in [0.1, 0.15) is 21.7 Å². The average molecular weight is 390 g/mol. The molecule has 0 atom stereocenters. The second kappa shape index (κ2) is 8.08. The van der Waals surface area contributed by atoms with Gasteiger partial charge in [0.05, 0.1) is 12.5 Å². The summed E-state index contributed by atoms with van der Waals surface area (Å²) in [6.45, 7) is -1.33. The zero-order valence-corrected chi connectivity index (χ0v) is 15.0. The van der Waals surface area contributed by atoms with E-state index in [2.05, 4.69) is 4.74 Å². The quantitative estimate of drug-likeness (QED) is 0.591. The molecule has 0 aliphatic carbocycles. The lowest BCUT2D eigenvalue weighted by Crippen LogP contribution is -2.10. The van der Waals surface area contributed by atoms with Gasteiger partial charge < -0.3 is 18.6 Å². The third-order valence-electron chi connectivity index (χ3n) is 3.90. The largest absolute Gasteiger partial charge is 0.493 e. The number of ether oxygens (including phenoxy) is 3. The number of carbonyl (C=O) groups is 1. The van der Waals surface area contributed by atoms with E-state index in [1.807, 2.05) is 6.92 Å². The van der Waals surface area contributed by atoms with Crippen molar-refractivity contribution in [2.75, 3.05) is 7.11 Å². The van der Waals surface area contributed by atoms with Crippen LogP contribution in [0.15, 0.2) is 51.7 Å². The van der Waals surface area contributed by atoms with Gasteiger partial charge in [0.2, 0.25) is 5.76 Å². The molecule has 0 saturated heterocycles. The van der Waals surface area contributed by atoms with E-state index in [4.69, 9.17) is 13.9 Å². The molecule has 0 bridgehead atoms. The fourth-order valence-electron chi connectivity index (χ4n) is 2.59. The minimum atomic E-state index is -2.99. The van der Waals surface area contributed by atoms with Gasteiger partial charge in [0.15, 0.2) is 16.9 Å². The van der Waals surface area contributed by atoms with Crippen molar-refractivity contribution in [2.45, 2.75) is 20.1 Å². The summed E-state index contributed by atoms with van der Waals surface area (Å²) in [7, 11) is 1.30. The molecule has 0 radical (unpaired) electrons. The van der Waals surface area contributed by atoms with Crippen molar-refractivity contribution in [3.63, 3.8) is 0 Å². The predicted octanol–water partition coefficient (Wildman–Crippen LogP) is 4.07. The van der Waals surface area contributed by atoms with Crippen LogP contribution in [-0.2, 0) is 11.3 Å². The third-order valence-corrected chi connectivity index (χ3v) is 3.90. The van der Waals surface area contributed by atoms with E-state index in [9.17, 15) is 18.4 Å². The van der Waals surface area contributed by atoms with Crippen molar-refractivity contribution >= 4 is 16.9 Å². The molecular weight excluding hydrogens is 374 g/mol. The molecule has 6 nitrogen and oxygen atoms in total. The highest BCUT2D eigenvalue weighted by Gasteiger charge is 2.16. The number of aryl methyl sites for hydroxylation is 1. The summed E-state index contributed by atoms with van der Waals surface area (Å²) >= 11 is 0. The molecule has 0 N–H and O–H groups in total. The van der Waals surface area contributed by atoms with Crippen LogP contribution in [0, 0.1) is 6.92 Å². The fourth-order valence-corrected chi connectivity index (χ4v) is 2.59. The molecule has 0 saturated carbocycles. The molecule has 0 unspecified atom stereocenters. The van der Waals surface area contributed by atoms with Gasteiger partial charge in [-0.2, -0.15) is 8.78 Å². The number of carbonyl (C=O) groups excluding carboxylic acids is 1. The van der Waals surface area contributed by atoms with Crippen LogP contribution >= 0.6 is 0 Å². The van der Waals surface area contributed by atoms with E-state index in [-0.39, 0.29) is 34.9 Å². The van der Waals surface area contributed by atoms with Gasteiger partial charge in [-0.25, -0.2) is 4.79 Å². The maximum absolute atomic E-state index is 12.4. The van der Waals surface area contributed by atoms with Gasteiger partial charge in [-0.15, -0.1) is 0 Å². The van der Waals surface area contributed by atoms with Gasteiger partial charge in [0.25, 0.3) is 0 Å². The molecule has 2 aromatic carbocycles. The first-order valence-electron chi connectivity index (χ1n) is 8.20. The molecule has 28 heavy (non-hydrogen) atoms. The van der Waals surface area contributed by atoms with Crippen molar-refractivity contribution in [3.8, 4) is 11.5 Å². The SMILES string of the molecule is COc1cc(COC(=O)c2cc(=O)c3cc(C)ccc3o2)ccc1OC(F)F.